The van der Waals surface area contributed by atoms with E-state index in [1.807, 2.05) is 13.0 Å². The average Bonchev–Trinajstić information content (AvgIpc) is 2.75. The molecule has 158 valence electrons. The zero-order chi connectivity index (χ0) is 21.5. The number of carbonyl (C=O) groups is 1. The van der Waals surface area contributed by atoms with Gasteiger partial charge in [-0.05, 0) is 56.6 Å². The lowest BCUT2D eigenvalue weighted by Gasteiger charge is -2.29. The Hall–Kier alpha value is -3.06. The van der Waals surface area contributed by atoms with Gasteiger partial charge in [-0.3, -0.25) is 9.59 Å². The number of amides is 1. The van der Waals surface area contributed by atoms with Gasteiger partial charge in [-0.15, -0.1) is 0 Å². The zero-order valence-electron chi connectivity index (χ0n) is 17.1. The predicted octanol–water partition coefficient (Wildman–Crippen LogP) is 3.78. The van der Waals surface area contributed by atoms with Gasteiger partial charge < -0.3 is 15.6 Å². The van der Waals surface area contributed by atoms with E-state index >= 15 is 0 Å². The molecule has 0 aliphatic rings. The van der Waals surface area contributed by atoms with Crippen molar-refractivity contribution in [3.05, 3.63) is 76.1 Å². The highest BCUT2D eigenvalue weighted by Gasteiger charge is 2.25. The predicted molar refractivity (Wildman–Crippen MR) is 116 cm³/mol. The largest absolute Gasteiger partial charge is 0.330 e. The number of nitrogens with one attached hydrogen (secondary N) is 1. The van der Waals surface area contributed by atoms with Crippen molar-refractivity contribution >= 4 is 16.8 Å². The second-order valence-electron chi connectivity index (χ2n) is 7.36. The lowest BCUT2D eigenvalue weighted by atomic mass is 10.1. The van der Waals surface area contributed by atoms with E-state index in [0.717, 1.165) is 25.7 Å². The fourth-order valence-corrected chi connectivity index (χ4v) is 3.49. The van der Waals surface area contributed by atoms with Crippen molar-refractivity contribution in [2.24, 2.45) is 5.73 Å². The van der Waals surface area contributed by atoms with Crippen LogP contribution in [0.4, 0.5) is 4.39 Å². The van der Waals surface area contributed by atoms with Crippen LogP contribution in [-0.4, -0.2) is 33.9 Å². The number of rotatable bonds is 9. The van der Waals surface area contributed by atoms with Crippen LogP contribution >= 0.6 is 0 Å². The van der Waals surface area contributed by atoms with Gasteiger partial charge in [0.1, 0.15) is 11.6 Å². The number of unbranched alkanes of at least 4 members (excludes halogenated alkanes) is 3. The van der Waals surface area contributed by atoms with Crippen molar-refractivity contribution in [1.82, 2.24) is 14.9 Å². The second-order valence-corrected chi connectivity index (χ2v) is 7.36. The Bertz CT molecular complexity index is 1070. The summed E-state index contributed by atoms with van der Waals surface area (Å²) in [6, 6.07) is 12.2. The molecule has 2 aromatic carbocycles. The molecule has 0 aliphatic heterocycles. The normalized spacial score (nSPS) is 12.1. The summed E-state index contributed by atoms with van der Waals surface area (Å²) >= 11 is 0. The number of carbonyl (C=O) groups excluding carboxylic acids is 1. The van der Waals surface area contributed by atoms with Gasteiger partial charge in [0.2, 0.25) is 0 Å². The van der Waals surface area contributed by atoms with Crippen LogP contribution in [-0.2, 0) is 0 Å². The molecule has 0 unspecified atom stereocenters. The van der Waals surface area contributed by atoms with Gasteiger partial charge in [0, 0.05) is 12.1 Å². The van der Waals surface area contributed by atoms with Crippen molar-refractivity contribution in [2.75, 3.05) is 13.1 Å². The molecule has 0 bridgehead atoms. The molecule has 6 nitrogen and oxygen atoms in total. The van der Waals surface area contributed by atoms with E-state index < -0.39 is 11.9 Å². The molecule has 0 radical (unpaired) electrons. The summed E-state index contributed by atoms with van der Waals surface area (Å²) in [6.07, 6.45) is 3.63. The van der Waals surface area contributed by atoms with Gasteiger partial charge in [-0.25, -0.2) is 9.37 Å². The molecule has 0 saturated heterocycles. The molecule has 1 amide bonds. The van der Waals surface area contributed by atoms with Crippen molar-refractivity contribution in [2.45, 2.75) is 38.6 Å². The number of nitrogens with zero attached hydrogens (tertiary/aromatic N) is 2. The number of fused-ring (bicyclic) bond motifs is 1. The van der Waals surface area contributed by atoms with Crippen LogP contribution in [0.2, 0.25) is 0 Å². The Kier molecular flexibility index (Phi) is 7.30. The number of halogens is 1. The van der Waals surface area contributed by atoms with Crippen molar-refractivity contribution in [3.8, 4) is 0 Å². The third-order valence-electron chi connectivity index (χ3n) is 5.18. The number of benzene rings is 2. The Morgan fingerprint density at radius 3 is 2.67 bits per heavy atom. The molecule has 0 saturated carbocycles. The number of aromatic nitrogens is 2. The SMILES string of the molecule is C[C@H](c1nc2ccccc2c(=O)[nH]1)N(CCCCCCN)C(=O)c1cccc(F)c1. The van der Waals surface area contributed by atoms with Crippen molar-refractivity contribution in [1.29, 1.82) is 0 Å². The average molecular weight is 410 g/mol. The molecule has 30 heavy (non-hydrogen) atoms. The van der Waals surface area contributed by atoms with E-state index in [4.69, 9.17) is 5.73 Å². The zero-order valence-corrected chi connectivity index (χ0v) is 17.1. The van der Waals surface area contributed by atoms with Crippen molar-refractivity contribution < 1.29 is 9.18 Å². The molecular weight excluding hydrogens is 383 g/mol. The highest BCUT2D eigenvalue weighted by atomic mass is 19.1. The van der Waals surface area contributed by atoms with Gasteiger partial charge in [0.25, 0.3) is 11.5 Å². The minimum atomic E-state index is -0.479. The number of nitrogens with two attached hydrogens (primary N) is 1. The first-order chi connectivity index (χ1) is 14.5. The van der Waals surface area contributed by atoms with Gasteiger partial charge in [0.05, 0.1) is 16.9 Å². The number of hydrogen-bond acceptors (Lipinski definition) is 4. The van der Waals surface area contributed by atoms with E-state index in [-0.39, 0.29) is 17.0 Å². The lowest BCUT2D eigenvalue weighted by Crippen LogP contribution is -2.36. The molecule has 3 rings (SSSR count). The van der Waals surface area contributed by atoms with Gasteiger partial charge in [0.15, 0.2) is 0 Å². The second kappa shape index (κ2) is 10.1. The van der Waals surface area contributed by atoms with E-state index in [2.05, 4.69) is 9.97 Å². The summed E-state index contributed by atoms with van der Waals surface area (Å²) in [5.41, 5.74) is 6.15. The topological polar surface area (TPSA) is 92.1 Å². The first-order valence-corrected chi connectivity index (χ1v) is 10.3. The molecular formula is C23H27FN4O2. The molecule has 1 atom stereocenters. The van der Waals surface area contributed by atoms with Gasteiger partial charge in [-0.2, -0.15) is 0 Å². The standard InChI is InChI=1S/C23H27FN4O2/c1-16(21-26-20-12-5-4-11-19(20)22(29)27-21)28(14-7-3-2-6-13-25)23(30)17-9-8-10-18(24)15-17/h4-5,8-12,15-16H,2-3,6-7,13-14,25H2,1H3,(H,26,27,29)/t16-/m1/s1. The molecule has 1 aromatic heterocycles. The van der Waals surface area contributed by atoms with E-state index in [9.17, 15) is 14.0 Å². The van der Waals surface area contributed by atoms with E-state index in [1.165, 1.54) is 18.2 Å². The number of hydrogen-bond donors (Lipinski definition) is 2. The van der Waals surface area contributed by atoms with Crippen LogP contribution in [0.1, 0.15) is 54.8 Å². The Morgan fingerprint density at radius 1 is 1.13 bits per heavy atom. The third kappa shape index (κ3) is 5.10. The highest BCUT2D eigenvalue weighted by Crippen LogP contribution is 2.22. The van der Waals surface area contributed by atoms with Crippen LogP contribution in [0, 0.1) is 5.82 Å². The maximum atomic E-state index is 13.7. The molecule has 7 heteroatoms. The van der Waals surface area contributed by atoms with Crippen LogP contribution in [0.3, 0.4) is 0 Å². The summed E-state index contributed by atoms with van der Waals surface area (Å²) in [4.78, 5) is 34.7. The summed E-state index contributed by atoms with van der Waals surface area (Å²) in [7, 11) is 0. The summed E-state index contributed by atoms with van der Waals surface area (Å²) in [5, 5.41) is 0.498. The summed E-state index contributed by atoms with van der Waals surface area (Å²) in [5.74, 6) is -0.351. The lowest BCUT2D eigenvalue weighted by molar-refractivity contribution is 0.0678. The number of para-hydroxylation sites is 1. The maximum absolute atomic E-state index is 13.7. The molecule has 0 fully saturated rings. The highest BCUT2D eigenvalue weighted by molar-refractivity contribution is 5.94. The van der Waals surface area contributed by atoms with E-state index in [1.54, 1.807) is 29.2 Å². The Balaban J connectivity index is 1.90. The Labute approximate surface area is 174 Å². The quantitative estimate of drug-likeness (QED) is 0.525. The smallest absolute Gasteiger partial charge is 0.258 e. The summed E-state index contributed by atoms with van der Waals surface area (Å²) < 4.78 is 13.7. The third-order valence-corrected chi connectivity index (χ3v) is 5.18. The minimum Gasteiger partial charge on any atom is -0.330 e. The van der Waals surface area contributed by atoms with Gasteiger partial charge in [-0.1, -0.05) is 31.0 Å². The van der Waals surface area contributed by atoms with Crippen LogP contribution in [0.5, 0.6) is 0 Å². The first-order valence-electron chi connectivity index (χ1n) is 10.3. The molecule has 3 N–H and O–H groups in total. The van der Waals surface area contributed by atoms with Crippen LogP contribution < -0.4 is 11.3 Å². The molecule has 1 heterocycles. The molecule has 0 spiro atoms. The number of aromatic amines is 1. The fourth-order valence-electron chi connectivity index (χ4n) is 3.49. The monoisotopic (exact) mass is 410 g/mol. The number of H-pyrrole nitrogens is 1. The van der Waals surface area contributed by atoms with Crippen LogP contribution in [0.25, 0.3) is 10.9 Å². The minimum absolute atomic E-state index is 0.247. The molecule has 3 aromatic rings. The Morgan fingerprint density at radius 2 is 1.90 bits per heavy atom. The fraction of sp³-hybridized carbons (Fsp3) is 0.348. The van der Waals surface area contributed by atoms with Crippen LogP contribution in [0.15, 0.2) is 53.3 Å². The first kappa shape index (κ1) is 21.6. The summed E-state index contributed by atoms with van der Waals surface area (Å²) in [6.45, 7) is 2.94. The van der Waals surface area contributed by atoms with E-state index in [0.29, 0.717) is 29.8 Å². The maximum Gasteiger partial charge on any atom is 0.258 e. The molecule has 0 aliphatic carbocycles. The van der Waals surface area contributed by atoms with Crippen molar-refractivity contribution in [3.63, 3.8) is 0 Å². The van der Waals surface area contributed by atoms with Gasteiger partial charge >= 0.3 is 0 Å².